The summed E-state index contributed by atoms with van der Waals surface area (Å²) in [6.07, 6.45) is 6.04. The minimum atomic E-state index is -3.45. The second-order valence-electron chi connectivity index (χ2n) is 7.45. The first-order chi connectivity index (χ1) is 12.9. The Morgan fingerprint density at radius 2 is 1.68 bits per heavy atom. The summed E-state index contributed by atoms with van der Waals surface area (Å²) in [4.78, 5) is 12.7. The number of nitrogens with one attached hydrogen (secondary N) is 1. The molecule has 8 heteroatoms. The summed E-state index contributed by atoms with van der Waals surface area (Å²) in [5.74, 6) is 0.0159. The van der Waals surface area contributed by atoms with Gasteiger partial charge in [0.15, 0.2) is 0 Å². The Bertz CT molecular complexity index is 713. The molecule has 0 radical (unpaired) electrons. The maximum absolute atomic E-state index is 12.5. The highest BCUT2D eigenvalue weighted by atomic mass is 35.5. The van der Waals surface area contributed by atoms with Crippen LogP contribution in [0.25, 0.3) is 0 Å². The normalized spacial score (nSPS) is 16.4. The van der Waals surface area contributed by atoms with Crippen molar-refractivity contribution in [2.75, 3.05) is 19.6 Å². The second-order valence-corrected chi connectivity index (χ2v) is 9.39. The Morgan fingerprint density at radius 1 is 1.11 bits per heavy atom. The van der Waals surface area contributed by atoms with Crippen LogP contribution in [-0.4, -0.2) is 38.3 Å². The molecule has 28 heavy (non-hydrogen) atoms. The van der Waals surface area contributed by atoms with E-state index in [-0.39, 0.29) is 28.6 Å². The predicted molar refractivity (Wildman–Crippen MR) is 115 cm³/mol. The van der Waals surface area contributed by atoms with Gasteiger partial charge in [0.1, 0.15) is 0 Å². The van der Waals surface area contributed by atoms with Gasteiger partial charge in [-0.1, -0.05) is 45.2 Å². The zero-order valence-electron chi connectivity index (χ0n) is 16.9. The lowest BCUT2D eigenvalue weighted by Gasteiger charge is -2.35. The van der Waals surface area contributed by atoms with E-state index in [0.717, 1.165) is 31.2 Å². The fourth-order valence-corrected chi connectivity index (χ4v) is 5.31. The monoisotopic (exact) mass is 431 g/mol. The van der Waals surface area contributed by atoms with E-state index in [9.17, 15) is 13.2 Å². The molecule has 160 valence electrons. The lowest BCUT2D eigenvalue weighted by molar-refractivity contribution is -0.124. The van der Waals surface area contributed by atoms with Crippen molar-refractivity contribution < 1.29 is 13.2 Å². The average molecular weight is 432 g/mol. The van der Waals surface area contributed by atoms with Crippen LogP contribution in [0.15, 0.2) is 29.2 Å². The largest absolute Gasteiger partial charge is 0.352 e. The van der Waals surface area contributed by atoms with Gasteiger partial charge in [-0.05, 0) is 42.5 Å². The number of rotatable bonds is 9. The number of halogens is 1. The summed E-state index contributed by atoms with van der Waals surface area (Å²) in [5, 5.41) is 2.95. The molecule has 0 spiro atoms. The van der Waals surface area contributed by atoms with Crippen LogP contribution in [0.5, 0.6) is 0 Å². The van der Waals surface area contributed by atoms with Crippen molar-refractivity contribution >= 4 is 28.3 Å². The molecule has 6 nitrogen and oxygen atoms in total. The van der Waals surface area contributed by atoms with Gasteiger partial charge in [0.25, 0.3) is 0 Å². The molecule has 1 aliphatic rings. The van der Waals surface area contributed by atoms with E-state index in [1.165, 1.54) is 10.7 Å². The van der Waals surface area contributed by atoms with E-state index >= 15 is 0 Å². The van der Waals surface area contributed by atoms with Gasteiger partial charge in [-0.25, -0.2) is 8.42 Å². The highest BCUT2D eigenvalue weighted by molar-refractivity contribution is 7.89. The highest BCUT2D eigenvalue weighted by Gasteiger charge is 2.32. The Balaban J connectivity index is 0.00000392. The smallest absolute Gasteiger partial charge is 0.243 e. The quantitative estimate of drug-likeness (QED) is 0.628. The molecule has 1 aromatic rings. The number of amides is 1. The van der Waals surface area contributed by atoms with E-state index < -0.39 is 10.0 Å². The standard InChI is InChI=1S/C20H33N3O3S.ClH/c1-3-23(4-2)27(25,26)18-10-8-17(9-11-18)15-22-19(24)14-20(16-21)12-6-5-7-13-20;/h8-11H,3-7,12-16,21H2,1-2H3,(H,22,24);1H. The average Bonchev–Trinajstić information content (AvgIpc) is 2.68. The van der Waals surface area contributed by atoms with Crippen LogP contribution in [0, 0.1) is 5.41 Å². The van der Waals surface area contributed by atoms with E-state index in [2.05, 4.69) is 5.32 Å². The molecule has 1 saturated carbocycles. The molecule has 0 aliphatic heterocycles. The third-order valence-electron chi connectivity index (χ3n) is 5.64. The van der Waals surface area contributed by atoms with Crippen molar-refractivity contribution in [2.45, 2.75) is 63.8 Å². The molecule has 0 atom stereocenters. The van der Waals surface area contributed by atoms with Crippen LogP contribution in [0.3, 0.4) is 0 Å². The molecule has 1 aliphatic carbocycles. The van der Waals surface area contributed by atoms with Crippen molar-refractivity contribution in [3.63, 3.8) is 0 Å². The number of carbonyl (C=O) groups excluding carboxylic acids is 1. The van der Waals surface area contributed by atoms with E-state index in [1.54, 1.807) is 24.3 Å². The molecule has 0 unspecified atom stereocenters. The summed E-state index contributed by atoms with van der Waals surface area (Å²) in [6, 6.07) is 6.74. The number of hydrogen-bond acceptors (Lipinski definition) is 4. The SMILES string of the molecule is CCN(CC)S(=O)(=O)c1ccc(CNC(=O)CC2(CN)CCCCC2)cc1.Cl. The summed E-state index contributed by atoms with van der Waals surface area (Å²) >= 11 is 0. The maximum atomic E-state index is 12.5. The molecular weight excluding hydrogens is 398 g/mol. The summed E-state index contributed by atoms with van der Waals surface area (Å²) in [7, 11) is -3.45. The van der Waals surface area contributed by atoms with Gasteiger partial charge < -0.3 is 11.1 Å². The fourth-order valence-electron chi connectivity index (χ4n) is 3.85. The first-order valence-corrected chi connectivity index (χ1v) is 11.4. The number of nitrogens with zero attached hydrogens (tertiary/aromatic N) is 1. The van der Waals surface area contributed by atoms with Gasteiger partial charge in [0, 0.05) is 26.1 Å². The minimum absolute atomic E-state index is 0. The molecule has 0 aromatic heterocycles. The van der Waals surface area contributed by atoms with Gasteiger partial charge in [-0.15, -0.1) is 12.4 Å². The number of carbonyl (C=O) groups is 1. The first-order valence-electron chi connectivity index (χ1n) is 9.93. The highest BCUT2D eigenvalue weighted by Crippen LogP contribution is 2.38. The Hall–Kier alpha value is -1.15. The zero-order chi connectivity index (χ0) is 19.9. The zero-order valence-corrected chi connectivity index (χ0v) is 18.6. The fraction of sp³-hybridized carbons (Fsp3) is 0.650. The van der Waals surface area contributed by atoms with Crippen LogP contribution in [0.4, 0.5) is 0 Å². The third kappa shape index (κ3) is 6.17. The second kappa shape index (κ2) is 11.1. The topological polar surface area (TPSA) is 92.5 Å². The van der Waals surface area contributed by atoms with Crippen molar-refractivity contribution in [1.82, 2.24) is 9.62 Å². The Morgan fingerprint density at radius 3 is 2.18 bits per heavy atom. The number of nitrogens with two attached hydrogens (primary N) is 1. The predicted octanol–water partition coefficient (Wildman–Crippen LogP) is 3.05. The van der Waals surface area contributed by atoms with Crippen molar-refractivity contribution in [3.05, 3.63) is 29.8 Å². The number of benzene rings is 1. The maximum Gasteiger partial charge on any atom is 0.243 e. The first kappa shape index (κ1) is 24.9. The van der Waals surface area contributed by atoms with Crippen molar-refractivity contribution in [1.29, 1.82) is 0 Å². The number of hydrogen-bond donors (Lipinski definition) is 2. The molecule has 1 amide bonds. The lowest BCUT2D eigenvalue weighted by Crippen LogP contribution is -2.38. The minimum Gasteiger partial charge on any atom is -0.352 e. The van der Waals surface area contributed by atoms with Crippen LogP contribution < -0.4 is 11.1 Å². The van der Waals surface area contributed by atoms with Gasteiger partial charge in [0.2, 0.25) is 15.9 Å². The molecule has 3 N–H and O–H groups in total. The summed E-state index contributed by atoms with van der Waals surface area (Å²) < 4.78 is 26.4. The molecule has 0 heterocycles. The Kier molecular flexibility index (Phi) is 9.90. The van der Waals surface area contributed by atoms with Crippen molar-refractivity contribution in [3.8, 4) is 0 Å². The van der Waals surface area contributed by atoms with Gasteiger partial charge in [-0.2, -0.15) is 4.31 Å². The van der Waals surface area contributed by atoms with Crippen LogP contribution >= 0.6 is 12.4 Å². The molecule has 0 saturated heterocycles. The van der Waals surface area contributed by atoms with Gasteiger partial charge in [-0.3, -0.25) is 4.79 Å². The number of sulfonamides is 1. The lowest BCUT2D eigenvalue weighted by atomic mass is 9.71. The third-order valence-corrected chi connectivity index (χ3v) is 7.70. The van der Waals surface area contributed by atoms with Gasteiger partial charge in [0.05, 0.1) is 4.90 Å². The summed E-state index contributed by atoms with van der Waals surface area (Å²) in [5.41, 5.74) is 6.79. The van der Waals surface area contributed by atoms with E-state index in [4.69, 9.17) is 5.73 Å². The van der Waals surface area contributed by atoms with Crippen LogP contribution in [0.1, 0.15) is 57.9 Å². The van der Waals surface area contributed by atoms with Crippen LogP contribution in [-0.2, 0) is 21.4 Å². The molecule has 1 aromatic carbocycles. The van der Waals surface area contributed by atoms with Crippen molar-refractivity contribution in [2.24, 2.45) is 11.1 Å². The molecule has 1 fully saturated rings. The van der Waals surface area contributed by atoms with E-state index in [1.807, 2.05) is 13.8 Å². The summed E-state index contributed by atoms with van der Waals surface area (Å²) in [6.45, 7) is 5.49. The Labute approximate surface area is 175 Å². The van der Waals surface area contributed by atoms with E-state index in [0.29, 0.717) is 32.6 Å². The van der Waals surface area contributed by atoms with Crippen LogP contribution in [0.2, 0.25) is 0 Å². The molecular formula is C20H34ClN3O3S. The van der Waals surface area contributed by atoms with Gasteiger partial charge >= 0.3 is 0 Å². The molecule has 2 rings (SSSR count). The molecule has 0 bridgehead atoms.